The van der Waals surface area contributed by atoms with Gasteiger partial charge in [0.2, 0.25) is 0 Å². The first kappa shape index (κ1) is 12.1. The molecule has 0 radical (unpaired) electrons. The minimum absolute atomic E-state index is 0.142. The highest BCUT2D eigenvalue weighted by molar-refractivity contribution is 6.31. The molecule has 2 aromatic rings. The van der Waals surface area contributed by atoms with E-state index in [0.717, 1.165) is 16.7 Å². The first-order valence-electron chi connectivity index (χ1n) is 5.32. The third-order valence-corrected chi connectivity index (χ3v) is 3.02. The van der Waals surface area contributed by atoms with Crippen LogP contribution in [0.3, 0.4) is 0 Å². The number of benzene rings is 1. The van der Waals surface area contributed by atoms with Crippen LogP contribution in [-0.4, -0.2) is 9.78 Å². The highest BCUT2D eigenvalue weighted by atomic mass is 35.5. The van der Waals surface area contributed by atoms with E-state index in [2.05, 4.69) is 10.5 Å². The summed E-state index contributed by atoms with van der Waals surface area (Å²) in [6.07, 6.45) is 3.70. The highest BCUT2D eigenvalue weighted by Crippen LogP contribution is 2.28. The Morgan fingerprint density at radius 3 is 2.76 bits per heavy atom. The van der Waals surface area contributed by atoms with E-state index in [9.17, 15) is 0 Å². The van der Waals surface area contributed by atoms with Crippen LogP contribution in [0, 0.1) is 6.92 Å². The summed E-state index contributed by atoms with van der Waals surface area (Å²) < 4.78 is 1.74. The molecule has 0 saturated heterocycles. The average molecular weight is 251 g/mol. The normalized spacial score (nSPS) is 12.7. The second-order valence-corrected chi connectivity index (χ2v) is 4.48. The molecule has 0 aliphatic carbocycles. The van der Waals surface area contributed by atoms with Crippen LogP contribution in [-0.2, 0) is 7.05 Å². The minimum Gasteiger partial charge on any atom is -0.275 e. The molecule has 0 bridgehead atoms. The molecule has 1 aromatic heterocycles. The van der Waals surface area contributed by atoms with Crippen LogP contribution in [0.4, 0.5) is 0 Å². The molecule has 5 heteroatoms. The molecule has 2 rings (SSSR count). The third-order valence-electron chi connectivity index (χ3n) is 2.69. The summed E-state index contributed by atoms with van der Waals surface area (Å²) in [5.74, 6) is 5.61. The molecule has 1 atom stereocenters. The molecule has 1 heterocycles. The van der Waals surface area contributed by atoms with Gasteiger partial charge in [0.1, 0.15) is 0 Å². The zero-order valence-corrected chi connectivity index (χ0v) is 10.6. The lowest BCUT2D eigenvalue weighted by molar-refractivity contribution is 0.636. The van der Waals surface area contributed by atoms with Crippen molar-refractivity contribution in [2.24, 2.45) is 12.9 Å². The number of aryl methyl sites for hydroxylation is 2. The summed E-state index contributed by atoms with van der Waals surface area (Å²) in [4.78, 5) is 0. The Labute approximate surface area is 105 Å². The van der Waals surface area contributed by atoms with E-state index in [-0.39, 0.29) is 6.04 Å². The van der Waals surface area contributed by atoms with Crippen molar-refractivity contribution in [3.63, 3.8) is 0 Å². The van der Waals surface area contributed by atoms with Gasteiger partial charge >= 0.3 is 0 Å². The number of nitrogens with two attached hydrogens (primary N) is 1. The molecule has 1 unspecified atom stereocenters. The first-order chi connectivity index (χ1) is 8.11. The average Bonchev–Trinajstić information content (AvgIpc) is 2.69. The maximum absolute atomic E-state index is 6.24. The van der Waals surface area contributed by atoms with E-state index in [1.165, 1.54) is 0 Å². The Kier molecular flexibility index (Phi) is 3.47. The lowest BCUT2D eigenvalue weighted by atomic mass is 10.0. The van der Waals surface area contributed by atoms with Crippen LogP contribution in [0.2, 0.25) is 5.02 Å². The van der Waals surface area contributed by atoms with E-state index in [1.54, 1.807) is 10.9 Å². The van der Waals surface area contributed by atoms with Crippen LogP contribution in [0.25, 0.3) is 0 Å². The van der Waals surface area contributed by atoms with Crippen LogP contribution < -0.4 is 11.3 Å². The molecule has 0 spiro atoms. The Balaban J connectivity index is 2.42. The fraction of sp³-hybridized carbons (Fsp3) is 0.250. The van der Waals surface area contributed by atoms with E-state index in [0.29, 0.717) is 5.02 Å². The summed E-state index contributed by atoms with van der Waals surface area (Å²) >= 11 is 6.24. The van der Waals surface area contributed by atoms with Crippen molar-refractivity contribution in [2.75, 3.05) is 0 Å². The lowest BCUT2D eigenvalue weighted by Crippen LogP contribution is -2.28. The molecule has 0 saturated carbocycles. The number of halogens is 1. The number of nitrogens with zero attached hydrogens (tertiary/aromatic N) is 2. The number of rotatable bonds is 3. The Hall–Kier alpha value is -1.36. The molecule has 0 fully saturated rings. The maximum Gasteiger partial charge on any atom is 0.0755 e. The summed E-state index contributed by atoms with van der Waals surface area (Å²) in [5, 5.41) is 4.84. The SMILES string of the molecule is Cc1ccc(C(NN)c2cnn(C)c2)c(Cl)c1. The van der Waals surface area contributed by atoms with Gasteiger partial charge < -0.3 is 0 Å². The van der Waals surface area contributed by atoms with Crippen LogP contribution in [0.1, 0.15) is 22.7 Å². The van der Waals surface area contributed by atoms with Crippen LogP contribution in [0.15, 0.2) is 30.6 Å². The van der Waals surface area contributed by atoms with Gasteiger partial charge in [0, 0.05) is 23.8 Å². The van der Waals surface area contributed by atoms with Gasteiger partial charge in [-0.3, -0.25) is 10.5 Å². The molecule has 17 heavy (non-hydrogen) atoms. The third kappa shape index (κ3) is 2.49. The van der Waals surface area contributed by atoms with Crippen molar-refractivity contribution in [1.82, 2.24) is 15.2 Å². The van der Waals surface area contributed by atoms with Crippen molar-refractivity contribution in [3.8, 4) is 0 Å². The van der Waals surface area contributed by atoms with E-state index in [4.69, 9.17) is 17.4 Å². The summed E-state index contributed by atoms with van der Waals surface area (Å²) in [7, 11) is 1.87. The summed E-state index contributed by atoms with van der Waals surface area (Å²) in [5.41, 5.74) is 5.83. The zero-order valence-electron chi connectivity index (χ0n) is 9.81. The molecular formula is C12H15ClN4. The first-order valence-corrected chi connectivity index (χ1v) is 5.70. The molecule has 90 valence electrons. The summed E-state index contributed by atoms with van der Waals surface area (Å²) in [6, 6.07) is 5.78. The highest BCUT2D eigenvalue weighted by Gasteiger charge is 2.16. The van der Waals surface area contributed by atoms with Crippen LogP contribution in [0.5, 0.6) is 0 Å². The molecule has 1 aromatic carbocycles. The summed E-state index contributed by atoms with van der Waals surface area (Å²) in [6.45, 7) is 2.00. The van der Waals surface area contributed by atoms with Crippen molar-refractivity contribution in [1.29, 1.82) is 0 Å². The van der Waals surface area contributed by atoms with Gasteiger partial charge in [-0.15, -0.1) is 0 Å². The van der Waals surface area contributed by atoms with Gasteiger partial charge in [-0.1, -0.05) is 23.7 Å². The van der Waals surface area contributed by atoms with Gasteiger partial charge in [0.05, 0.1) is 12.2 Å². The van der Waals surface area contributed by atoms with Crippen molar-refractivity contribution < 1.29 is 0 Å². The Morgan fingerprint density at radius 1 is 1.47 bits per heavy atom. The number of nitrogens with one attached hydrogen (secondary N) is 1. The molecule has 0 aliphatic rings. The fourth-order valence-corrected chi connectivity index (χ4v) is 2.17. The van der Waals surface area contributed by atoms with Crippen molar-refractivity contribution in [3.05, 3.63) is 52.3 Å². The standard InChI is InChI=1S/C12H15ClN4/c1-8-3-4-10(11(13)5-8)12(16-14)9-6-15-17(2)7-9/h3-7,12,16H,14H2,1-2H3. The monoisotopic (exact) mass is 250 g/mol. The minimum atomic E-state index is -0.142. The number of hydrogen-bond donors (Lipinski definition) is 2. The van der Waals surface area contributed by atoms with Gasteiger partial charge in [-0.25, -0.2) is 5.43 Å². The van der Waals surface area contributed by atoms with Gasteiger partial charge in [0.25, 0.3) is 0 Å². The predicted octanol–water partition coefficient (Wildman–Crippen LogP) is 1.93. The van der Waals surface area contributed by atoms with Crippen LogP contribution >= 0.6 is 11.6 Å². The van der Waals surface area contributed by atoms with E-state index in [1.807, 2.05) is 38.4 Å². The number of aromatic nitrogens is 2. The molecular weight excluding hydrogens is 236 g/mol. The molecule has 4 nitrogen and oxygen atoms in total. The predicted molar refractivity (Wildman–Crippen MR) is 68.6 cm³/mol. The topological polar surface area (TPSA) is 55.9 Å². The smallest absolute Gasteiger partial charge is 0.0755 e. The quantitative estimate of drug-likeness (QED) is 0.647. The van der Waals surface area contributed by atoms with Crippen molar-refractivity contribution >= 4 is 11.6 Å². The molecule has 0 aliphatic heterocycles. The zero-order chi connectivity index (χ0) is 12.4. The molecule has 3 N–H and O–H groups in total. The Morgan fingerprint density at radius 2 is 2.24 bits per heavy atom. The largest absolute Gasteiger partial charge is 0.275 e. The number of hydrogen-bond acceptors (Lipinski definition) is 3. The van der Waals surface area contributed by atoms with Crippen molar-refractivity contribution in [2.45, 2.75) is 13.0 Å². The lowest BCUT2D eigenvalue weighted by Gasteiger charge is -2.16. The van der Waals surface area contributed by atoms with Gasteiger partial charge in [-0.2, -0.15) is 5.10 Å². The molecule has 0 amide bonds. The second kappa shape index (κ2) is 4.87. The number of hydrazine groups is 1. The fourth-order valence-electron chi connectivity index (χ4n) is 1.82. The van der Waals surface area contributed by atoms with Gasteiger partial charge in [0.15, 0.2) is 0 Å². The Bertz CT molecular complexity index is 521. The van der Waals surface area contributed by atoms with E-state index >= 15 is 0 Å². The second-order valence-electron chi connectivity index (χ2n) is 4.07. The maximum atomic E-state index is 6.24. The van der Waals surface area contributed by atoms with E-state index < -0.39 is 0 Å². The van der Waals surface area contributed by atoms with Gasteiger partial charge in [-0.05, 0) is 24.1 Å².